The highest BCUT2D eigenvalue weighted by atomic mass is 16.5. The molecular weight excluding hydrogens is 250 g/mol. The summed E-state index contributed by atoms with van der Waals surface area (Å²) < 4.78 is 11.4. The van der Waals surface area contributed by atoms with E-state index in [0.717, 1.165) is 38.5 Å². The molecule has 3 heteroatoms. The first kappa shape index (κ1) is 15.2. The zero-order valence-electron chi connectivity index (χ0n) is 13.5. The second kappa shape index (κ2) is 6.04. The van der Waals surface area contributed by atoms with E-state index in [0.29, 0.717) is 0 Å². The number of anilines is 1. The van der Waals surface area contributed by atoms with E-state index in [1.807, 2.05) is 13.8 Å². The van der Waals surface area contributed by atoms with Crippen LogP contribution in [-0.4, -0.2) is 31.9 Å². The van der Waals surface area contributed by atoms with E-state index < -0.39 is 0 Å². The molecule has 0 aromatic heterocycles. The highest BCUT2D eigenvalue weighted by Gasteiger charge is 2.31. The van der Waals surface area contributed by atoms with Crippen molar-refractivity contribution in [3.8, 4) is 5.75 Å². The summed E-state index contributed by atoms with van der Waals surface area (Å²) in [6.07, 6.45) is 1.01. The third kappa shape index (κ3) is 3.09. The van der Waals surface area contributed by atoms with Gasteiger partial charge in [0.25, 0.3) is 0 Å². The molecule has 0 unspecified atom stereocenters. The van der Waals surface area contributed by atoms with Crippen LogP contribution in [0.2, 0.25) is 0 Å². The molecule has 1 aromatic carbocycles. The Bertz CT molecular complexity index is 462. The fourth-order valence-electron chi connectivity index (χ4n) is 2.91. The van der Waals surface area contributed by atoms with Gasteiger partial charge >= 0.3 is 0 Å². The Hall–Kier alpha value is -1.22. The van der Waals surface area contributed by atoms with Crippen LogP contribution in [0, 0.1) is 6.92 Å². The van der Waals surface area contributed by atoms with E-state index in [4.69, 9.17) is 9.47 Å². The lowest BCUT2D eigenvalue weighted by molar-refractivity contribution is 0.122. The van der Waals surface area contributed by atoms with E-state index in [-0.39, 0.29) is 5.60 Å². The zero-order valence-corrected chi connectivity index (χ0v) is 13.5. The molecule has 20 heavy (non-hydrogen) atoms. The van der Waals surface area contributed by atoms with Crippen LogP contribution < -0.4 is 9.64 Å². The first-order valence-electron chi connectivity index (χ1n) is 7.70. The molecule has 2 aliphatic rings. The van der Waals surface area contributed by atoms with Gasteiger partial charge in [0.2, 0.25) is 0 Å². The van der Waals surface area contributed by atoms with Crippen molar-refractivity contribution >= 4 is 5.69 Å². The molecule has 0 bridgehead atoms. The smallest absolute Gasteiger partial charge is 0.125 e. The number of nitrogens with zero attached hydrogens (tertiary/aromatic N) is 1. The minimum atomic E-state index is -0.0571. The maximum absolute atomic E-state index is 6.02. The zero-order chi connectivity index (χ0) is 14.8. The summed E-state index contributed by atoms with van der Waals surface area (Å²) in [4.78, 5) is 2.40. The summed E-state index contributed by atoms with van der Waals surface area (Å²) in [5.74, 6) is 1.06. The van der Waals surface area contributed by atoms with Crippen molar-refractivity contribution in [3.63, 3.8) is 0 Å². The molecule has 1 aromatic rings. The van der Waals surface area contributed by atoms with Crippen LogP contribution in [-0.2, 0) is 11.2 Å². The van der Waals surface area contributed by atoms with Crippen molar-refractivity contribution in [3.05, 3.63) is 23.3 Å². The Balaban J connectivity index is 0.000000704. The van der Waals surface area contributed by atoms with E-state index >= 15 is 0 Å². The molecule has 0 saturated carbocycles. The van der Waals surface area contributed by atoms with Gasteiger partial charge in [-0.2, -0.15) is 0 Å². The van der Waals surface area contributed by atoms with Crippen LogP contribution >= 0.6 is 0 Å². The van der Waals surface area contributed by atoms with Gasteiger partial charge in [0.05, 0.1) is 13.2 Å². The molecule has 1 fully saturated rings. The lowest BCUT2D eigenvalue weighted by atomic mass is 9.99. The van der Waals surface area contributed by atoms with E-state index in [2.05, 4.69) is 37.8 Å². The number of benzene rings is 1. The summed E-state index contributed by atoms with van der Waals surface area (Å²) >= 11 is 0. The fourth-order valence-corrected chi connectivity index (χ4v) is 2.91. The molecule has 0 amide bonds. The van der Waals surface area contributed by atoms with Crippen LogP contribution in [0.5, 0.6) is 5.75 Å². The Labute approximate surface area is 122 Å². The molecule has 2 heterocycles. The Morgan fingerprint density at radius 1 is 1.10 bits per heavy atom. The van der Waals surface area contributed by atoms with E-state index in [9.17, 15) is 0 Å². The summed E-state index contributed by atoms with van der Waals surface area (Å²) in [6, 6.07) is 4.50. The average molecular weight is 277 g/mol. The fraction of sp³-hybridized carbons (Fsp3) is 0.647. The number of hydrogen-bond donors (Lipinski definition) is 0. The van der Waals surface area contributed by atoms with Gasteiger partial charge in [0, 0.05) is 31.3 Å². The number of hydrogen-bond acceptors (Lipinski definition) is 3. The summed E-state index contributed by atoms with van der Waals surface area (Å²) in [6.45, 7) is 14.1. The predicted molar refractivity (Wildman–Crippen MR) is 84.0 cm³/mol. The first-order valence-corrected chi connectivity index (χ1v) is 7.70. The van der Waals surface area contributed by atoms with Gasteiger partial charge in [-0.15, -0.1) is 0 Å². The van der Waals surface area contributed by atoms with Crippen molar-refractivity contribution < 1.29 is 9.47 Å². The average Bonchev–Trinajstić information content (AvgIpc) is 2.74. The lowest BCUT2D eigenvalue weighted by Crippen LogP contribution is -2.36. The molecule has 0 N–H and O–H groups in total. The molecule has 112 valence electrons. The van der Waals surface area contributed by atoms with Gasteiger partial charge in [-0.25, -0.2) is 0 Å². The highest BCUT2D eigenvalue weighted by Crippen LogP contribution is 2.39. The van der Waals surface area contributed by atoms with Gasteiger partial charge in [0.1, 0.15) is 11.4 Å². The third-order valence-electron chi connectivity index (χ3n) is 3.73. The largest absolute Gasteiger partial charge is 0.487 e. The molecule has 1 saturated heterocycles. The van der Waals surface area contributed by atoms with Crippen molar-refractivity contribution in [2.45, 2.75) is 46.6 Å². The van der Waals surface area contributed by atoms with Crippen molar-refractivity contribution in [1.29, 1.82) is 0 Å². The topological polar surface area (TPSA) is 21.7 Å². The molecule has 2 aliphatic heterocycles. The Kier molecular flexibility index (Phi) is 4.59. The third-order valence-corrected chi connectivity index (χ3v) is 3.73. The van der Waals surface area contributed by atoms with Gasteiger partial charge in [0.15, 0.2) is 0 Å². The van der Waals surface area contributed by atoms with E-state index in [1.165, 1.54) is 16.8 Å². The number of morpholine rings is 1. The van der Waals surface area contributed by atoms with Crippen LogP contribution in [0.3, 0.4) is 0 Å². The van der Waals surface area contributed by atoms with Gasteiger partial charge in [-0.3, -0.25) is 0 Å². The van der Waals surface area contributed by atoms with Crippen LogP contribution in [0.4, 0.5) is 5.69 Å². The maximum atomic E-state index is 6.02. The van der Waals surface area contributed by atoms with Crippen molar-refractivity contribution in [2.75, 3.05) is 31.2 Å². The quantitative estimate of drug-likeness (QED) is 0.783. The van der Waals surface area contributed by atoms with Crippen molar-refractivity contribution in [2.24, 2.45) is 0 Å². The van der Waals surface area contributed by atoms with Crippen molar-refractivity contribution in [1.82, 2.24) is 0 Å². The number of rotatable bonds is 1. The van der Waals surface area contributed by atoms with Crippen LogP contribution in [0.25, 0.3) is 0 Å². The summed E-state index contributed by atoms with van der Waals surface area (Å²) in [5, 5.41) is 0. The van der Waals surface area contributed by atoms with E-state index in [1.54, 1.807) is 0 Å². The molecule has 0 aliphatic carbocycles. The molecule has 0 radical (unpaired) electrons. The standard InChI is InChI=1S/C15H21NO2.C2H6/c1-11-8-12-10-15(2,3)18-14(12)9-13(11)16-4-6-17-7-5-16;1-2/h8-9H,4-7,10H2,1-3H3;1-2H3. The van der Waals surface area contributed by atoms with Crippen LogP contribution in [0.15, 0.2) is 12.1 Å². The first-order chi connectivity index (χ1) is 9.55. The van der Waals surface area contributed by atoms with Gasteiger partial charge < -0.3 is 14.4 Å². The lowest BCUT2D eigenvalue weighted by Gasteiger charge is -2.30. The molecule has 3 nitrogen and oxygen atoms in total. The SMILES string of the molecule is CC.Cc1cc2c(cc1N1CCOCC1)OC(C)(C)C2. The molecule has 0 spiro atoms. The normalized spacial score (nSPS) is 19.8. The predicted octanol–water partition coefficient (Wildman–Crippen LogP) is 3.57. The number of aryl methyl sites for hydroxylation is 1. The summed E-state index contributed by atoms with van der Waals surface area (Å²) in [7, 11) is 0. The maximum Gasteiger partial charge on any atom is 0.125 e. The van der Waals surface area contributed by atoms with Gasteiger partial charge in [-0.05, 0) is 31.9 Å². The van der Waals surface area contributed by atoms with Crippen LogP contribution in [0.1, 0.15) is 38.8 Å². The monoisotopic (exact) mass is 277 g/mol. The second-order valence-electron chi connectivity index (χ2n) is 5.88. The molecule has 3 rings (SSSR count). The Morgan fingerprint density at radius 2 is 1.75 bits per heavy atom. The second-order valence-corrected chi connectivity index (χ2v) is 5.88. The minimum Gasteiger partial charge on any atom is -0.487 e. The highest BCUT2D eigenvalue weighted by molar-refractivity contribution is 5.61. The minimum absolute atomic E-state index is 0.0571. The number of ether oxygens (including phenoxy) is 2. The summed E-state index contributed by atoms with van der Waals surface area (Å²) in [5.41, 5.74) is 3.93. The Morgan fingerprint density at radius 3 is 2.40 bits per heavy atom. The molecular formula is C17H27NO2. The number of fused-ring (bicyclic) bond motifs is 1. The van der Waals surface area contributed by atoms with Gasteiger partial charge in [-0.1, -0.05) is 19.9 Å². The molecule has 0 atom stereocenters.